The number of nitrogens with zero attached hydrogens (tertiary/aromatic N) is 5. The summed E-state index contributed by atoms with van der Waals surface area (Å²) in [7, 11) is -1.91. The Labute approximate surface area is 243 Å². The third-order valence-corrected chi connectivity index (χ3v) is 9.43. The lowest BCUT2D eigenvalue weighted by molar-refractivity contribution is 0.204. The molecule has 2 heterocycles. The predicted molar refractivity (Wildman–Crippen MR) is 160 cm³/mol. The summed E-state index contributed by atoms with van der Waals surface area (Å²) in [5.41, 5.74) is 7.45. The Morgan fingerprint density at radius 2 is 1.80 bits per heavy atom. The second kappa shape index (κ2) is 12.1. The van der Waals surface area contributed by atoms with Crippen molar-refractivity contribution in [3.63, 3.8) is 0 Å². The van der Waals surface area contributed by atoms with Crippen LogP contribution in [0.5, 0.6) is 0 Å². The van der Waals surface area contributed by atoms with Crippen molar-refractivity contribution in [2.24, 2.45) is 17.6 Å². The van der Waals surface area contributed by atoms with Crippen molar-refractivity contribution in [3.05, 3.63) is 53.9 Å². The Balaban J connectivity index is 1.55. The second-order valence-electron chi connectivity index (χ2n) is 12.0. The highest BCUT2D eigenvalue weighted by Crippen LogP contribution is 2.40. The van der Waals surface area contributed by atoms with Gasteiger partial charge in [0, 0.05) is 31.8 Å². The average molecular weight is 583 g/mol. The van der Waals surface area contributed by atoms with E-state index in [1.165, 1.54) is 10.6 Å². The highest BCUT2D eigenvalue weighted by Gasteiger charge is 2.36. The second-order valence-corrected chi connectivity index (χ2v) is 13.8. The fourth-order valence-electron chi connectivity index (χ4n) is 5.77. The molecule has 3 atom stereocenters. The number of pyridine rings is 1. The molecule has 3 aromatic rings. The van der Waals surface area contributed by atoms with Gasteiger partial charge in [-0.25, -0.2) is 13.4 Å². The van der Waals surface area contributed by atoms with E-state index in [-0.39, 0.29) is 11.9 Å². The fourth-order valence-corrected chi connectivity index (χ4v) is 6.96. The molecule has 2 aromatic heterocycles. The number of hydrogen-bond donors (Lipinski definition) is 1. The van der Waals surface area contributed by atoms with Crippen LogP contribution in [0.3, 0.4) is 0 Å². The van der Waals surface area contributed by atoms with E-state index in [0.717, 1.165) is 44.2 Å². The number of methoxy groups -OCH3 is 1. The first-order chi connectivity index (χ1) is 19.5. The fraction of sp³-hybridized carbons (Fsp3) is 0.567. The number of rotatable bonds is 13. The summed E-state index contributed by atoms with van der Waals surface area (Å²) in [6.07, 6.45) is 6.53. The number of nitrogens with two attached hydrogens (primary N) is 1. The molecule has 2 N–H and O–H groups in total. The third-order valence-electron chi connectivity index (χ3n) is 8.23. The predicted octanol–water partition coefficient (Wildman–Crippen LogP) is 4.37. The van der Waals surface area contributed by atoms with Gasteiger partial charge in [-0.15, -0.1) is 10.2 Å². The van der Waals surface area contributed by atoms with Crippen LogP contribution in [0, 0.1) is 11.8 Å². The van der Waals surface area contributed by atoms with Gasteiger partial charge in [0.15, 0.2) is 0 Å². The van der Waals surface area contributed by atoms with E-state index >= 15 is 0 Å². The van der Waals surface area contributed by atoms with Gasteiger partial charge < -0.3 is 19.8 Å². The number of hydrogen-bond acceptors (Lipinski definition) is 9. The molecule has 2 saturated carbocycles. The highest BCUT2D eigenvalue weighted by molar-refractivity contribution is 7.92. The quantitative estimate of drug-likeness (QED) is 0.312. The molecule has 10 nitrogen and oxygen atoms in total. The number of sulfonamides is 1. The first-order valence-electron chi connectivity index (χ1n) is 14.5. The highest BCUT2D eigenvalue weighted by atomic mass is 32.2. The Kier molecular flexibility index (Phi) is 8.68. The number of benzene rings is 1. The van der Waals surface area contributed by atoms with Gasteiger partial charge in [-0.1, -0.05) is 50.1 Å². The molecular weight excluding hydrogens is 540 g/mol. The van der Waals surface area contributed by atoms with E-state index in [2.05, 4.69) is 22.0 Å². The summed E-state index contributed by atoms with van der Waals surface area (Å²) in [5.74, 6) is 2.85. The zero-order valence-electron chi connectivity index (χ0n) is 24.5. The van der Waals surface area contributed by atoms with Crippen LogP contribution in [-0.2, 0) is 26.7 Å². The van der Waals surface area contributed by atoms with Gasteiger partial charge in [0.2, 0.25) is 21.8 Å². The van der Waals surface area contributed by atoms with E-state index < -0.39 is 15.6 Å². The summed E-state index contributed by atoms with van der Waals surface area (Å²) >= 11 is 0. The largest absolute Gasteiger partial charge is 0.419 e. The molecule has 41 heavy (non-hydrogen) atoms. The standard InChI is InChI=1S/C30H42N6O4S/c1-21-16-24(21)20-35(14-15-39-3)26-17-23(18-27(32-26)36(41(4,37)38)25-12-8-9-13-25)28-33-34-29(40-28)30(2,31)19-22-10-6-5-7-11-22/h5-7,10-11,17-18,21,24-25H,8-9,12-16,19-20,31H2,1-4H3/t21?,24?,30-/m1/s1. The minimum Gasteiger partial charge on any atom is -0.419 e. The van der Waals surface area contributed by atoms with Crippen LogP contribution in [0.4, 0.5) is 11.6 Å². The maximum absolute atomic E-state index is 13.1. The van der Waals surface area contributed by atoms with Crippen molar-refractivity contribution in [1.82, 2.24) is 15.2 Å². The van der Waals surface area contributed by atoms with Gasteiger partial charge in [-0.3, -0.25) is 4.31 Å². The molecule has 5 rings (SSSR count). The first kappa shape index (κ1) is 29.5. The van der Waals surface area contributed by atoms with Crippen molar-refractivity contribution in [3.8, 4) is 11.5 Å². The van der Waals surface area contributed by atoms with Crippen molar-refractivity contribution < 1.29 is 17.6 Å². The van der Waals surface area contributed by atoms with Crippen molar-refractivity contribution in [2.75, 3.05) is 42.3 Å². The lowest BCUT2D eigenvalue weighted by Crippen LogP contribution is -2.39. The van der Waals surface area contributed by atoms with Crippen LogP contribution in [0.25, 0.3) is 11.5 Å². The summed E-state index contributed by atoms with van der Waals surface area (Å²) < 4.78 is 39.4. The SMILES string of the molecule is COCCN(CC1CC1C)c1cc(-c2nnc([C@](C)(N)Cc3ccccc3)o2)cc(N(C2CCCC2)S(C)(=O)=O)n1. The maximum Gasteiger partial charge on any atom is 0.248 e. The molecule has 2 unspecified atom stereocenters. The Bertz CT molecular complexity index is 1420. The monoisotopic (exact) mass is 582 g/mol. The summed E-state index contributed by atoms with van der Waals surface area (Å²) in [6.45, 7) is 6.09. The summed E-state index contributed by atoms with van der Waals surface area (Å²) in [5, 5.41) is 8.69. The molecular formula is C30H42N6O4S. The van der Waals surface area contributed by atoms with Gasteiger partial charge in [-0.2, -0.15) is 0 Å². The molecule has 0 spiro atoms. The smallest absolute Gasteiger partial charge is 0.248 e. The van der Waals surface area contributed by atoms with Crippen LogP contribution in [-0.4, -0.2) is 62.7 Å². The van der Waals surface area contributed by atoms with Crippen LogP contribution in [0.15, 0.2) is 46.9 Å². The van der Waals surface area contributed by atoms with Gasteiger partial charge in [-0.05, 0) is 62.1 Å². The lowest BCUT2D eigenvalue weighted by atomic mass is 9.94. The number of ether oxygens (including phenoxy) is 1. The lowest BCUT2D eigenvalue weighted by Gasteiger charge is -2.30. The van der Waals surface area contributed by atoms with Gasteiger partial charge in [0.1, 0.15) is 11.6 Å². The molecule has 1 aromatic carbocycles. The van der Waals surface area contributed by atoms with Crippen molar-refractivity contribution in [1.29, 1.82) is 0 Å². The molecule has 2 aliphatic carbocycles. The zero-order chi connectivity index (χ0) is 29.2. The van der Waals surface area contributed by atoms with E-state index in [4.69, 9.17) is 19.9 Å². The third kappa shape index (κ3) is 7.07. The maximum atomic E-state index is 13.1. The molecule has 0 bridgehead atoms. The normalized spacial score (nSPS) is 20.6. The minimum absolute atomic E-state index is 0.132. The molecule has 0 saturated heterocycles. The number of anilines is 2. The molecule has 0 aliphatic heterocycles. The number of aromatic nitrogens is 3. The topological polar surface area (TPSA) is 128 Å². The van der Waals surface area contributed by atoms with Gasteiger partial charge in [0.05, 0.1) is 18.4 Å². The van der Waals surface area contributed by atoms with Gasteiger partial charge in [0.25, 0.3) is 0 Å². The molecule has 0 radical (unpaired) electrons. The van der Waals surface area contributed by atoms with E-state index in [9.17, 15) is 8.42 Å². The van der Waals surface area contributed by atoms with Gasteiger partial charge >= 0.3 is 0 Å². The van der Waals surface area contributed by atoms with Crippen LogP contribution in [0.1, 0.15) is 57.4 Å². The Hall–Kier alpha value is -3.02. The summed E-state index contributed by atoms with van der Waals surface area (Å²) in [4.78, 5) is 7.12. The van der Waals surface area contributed by atoms with E-state index in [1.807, 2.05) is 43.3 Å². The van der Waals surface area contributed by atoms with E-state index in [1.54, 1.807) is 13.2 Å². The average Bonchev–Trinajstić information content (AvgIpc) is 3.32. The molecule has 222 valence electrons. The minimum atomic E-state index is -3.59. The molecule has 2 aliphatic rings. The zero-order valence-corrected chi connectivity index (χ0v) is 25.3. The summed E-state index contributed by atoms with van der Waals surface area (Å²) in [6, 6.07) is 13.5. The first-order valence-corrected chi connectivity index (χ1v) is 16.3. The molecule has 0 amide bonds. The van der Waals surface area contributed by atoms with E-state index in [0.29, 0.717) is 54.5 Å². The van der Waals surface area contributed by atoms with Crippen molar-refractivity contribution >= 4 is 21.7 Å². The van der Waals surface area contributed by atoms with Crippen molar-refractivity contribution in [2.45, 2.75) is 64.0 Å². The Morgan fingerprint density at radius 3 is 2.44 bits per heavy atom. The van der Waals surface area contributed by atoms with Crippen LogP contribution >= 0.6 is 0 Å². The molecule has 11 heteroatoms. The van der Waals surface area contributed by atoms with Crippen LogP contribution in [0.2, 0.25) is 0 Å². The molecule has 2 fully saturated rings. The van der Waals surface area contributed by atoms with Crippen LogP contribution < -0.4 is 14.9 Å². The Morgan fingerprint density at radius 1 is 1.12 bits per heavy atom.